The van der Waals surface area contributed by atoms with Crippen LogP contribution in [-0.2, 0) is 23.1 Å². The zero-order valence-electron chi connectivity index (χ0n) is 19.2. The van der Waals surface area contributed by atoms with Crippen LogP contribution in [0.25, 0.3) is 11.3 Å². The van der Waals surface area contributed by atoms with Crippen molar-refractivity contribution in [2.75, 3.05) is 5.32 Å². The molecule has 2 aromatic carbocycles. The molecule has 3 aromatic rings. The van der Waals surface area contributed by atoms with Crippen molar-refractivity contribution in [2.45, 2.75) is 65.9 Å². The summed E-state index contributed by atoms with van der Waals surface area (Å²) >= 11 is 0. The highest BCUT2D eigenvalue weighted by Gasteiger charge is 2.22. The standard InChI is InChI=1S/C25H31N3O3/c1-7-17-9-10-18(8-2)21(15-17)22-23(28-31-27-22)26-24(29)16(3)30-20-13-11-19(12-14-20)25(4,5)6/h9-16H,7-8H2,1-6H3,(H,26,28,29). The van der Waals surface area contributed by atoms with Crippen molar-refractivity contribution < 1.29 is 14.2 Å². The van der Waals surface area contributed by atoms with Crippen molar-refractivity contribution in [3.63, 3.8) is 0 Å². The molecule has 1 heterocycles. The molecule has 0 radical (unpaired) electrons. The van der Waals surface area contributed by atoms with E-state index in [4.69, 9.17) is 9.37 Å². The van der Waals surface area contributed by atoms with Gasteiger partial charge in [-0.05, 0) is 70.4 Å². The number of aryl methyl sites for hydroxylation is 2. The van der Waals surface area contributed by atoms with Gasteiger partial charge in [0.25, 0.3) is 5.91 Å². The van der Waals surface area contributed by atoms with Crippen LogP contribution >= 0.6 is 0 Å². The first-order chi connectivity index (χ1) is 14.7. The van der Waals surface area contributed by atoms with Crippen LogP contribution in [0.2, 0.25) is 0 Å². The van der Waals surface area contributed by atoms with Crippen LogP contribution in [0, 0.1) is 0 Å². The fourth-order valence-corrected chi connectivity index (χ4v) is 3.33. The molecule has 6 heteroatoms. The van der Waals surface area contributed by atoms with Gasteiger partial charge < -0.3 is 10.1 Å². The van der Waals surface area contributed by atoms with Gasteiger partial charge in [0, 0.05) is 5.56 Å². The van der Waals surface area contributed by atoms with Crippen molar-refractivity contribution in [2.24, 2.45) is 0 Å². The molecule has 0 spiro atoms. The fraction of sp³-hybridized carbons (Fsp3) is 0.400. The van der Waals surface area contributed by atoms with E-state index in [-0.39, 0.29) is 11.3 Å². The minimum Gasteiger partial charge on any atom is -0.481 e. The molecule has 0 fully saturated rings. The normalized spacial score (nSPS) is 12.5. The summed E-state index contributed by atoms with van der Waals surface area (Å²) in [6.07, 6.45) is 1.03. The van der Waals surface area contributed by atoms with Gasteiger partial charge in [0.1, 0.15) is 5.75 Å². The van der Waals surface area contributed by atoms with E-state index in [9.17, 15) is 4.79 Å². The Bertz CT molecular complexity index is 1030. The lowest BCUT2D eigenvalue weighted by Crippen LogP contribution is -2.30. The number of ether oxygens (including phenoxy) is 1. The van der Waals surface area contributed by atoms with E-state index in [1.165, 1.54) is 11.1 Å². The van der Waals surface area contributed by atoms with E-state index in [0.29, 0.717) is 17.3 Å². The number of anilines is 1. The number of carbonyl (C=O) groups excluding carboxylic acids is 1. The van der Waals surface area contributed by atoms with Crippen LogP contribution in [0.1, 0.15) is 58.2 Å². The summed E-state index contributed by atoms with van der Waals surface area (Å²) in [6, 6.07) is 14.1. The van der Waals surface area contributed by atoms with E-state index in [1.807, 2.05) is 24.3 Å². The number of amides is 1. The highest BCUT2D eigenvalue weighted by Crippen LogP contribution is 2.30. The van der Waals surface area contributed by atoms with E-state index < -0.39 is 6.10 Å². The second-order valence-electron chi connectivity index (χ2n) is 8.68. The quantitative estimate of drug-likeness (QED) is 0.540. The van der Waals surface area contributed by atoms with Gasteiger partial charge in [-0.3, -0.25) is 4.79 Å². The number of carbonyl (C=O) groups is 1. The van der Waals surface area contributed by atoms with Gasteiger partial charge in [-0.2, -0.15) is 0 Å². The molecule has 1 unspecified atom stereocenters. The average molecular weight is 422 g/mol. The molecule has 6 nitrogen and oxygen atoms in total. The Hall–Kier alpha value is -3.15. The number of rotatable bonds is 7. The van der Waals surface area contributed by atoms with Crippen LogP contribution in [-0.4, -0.2) is 22.3 Å². The first kappa shape index (κ1) is 22.5. The molecule has 0 aliphatic rings. The number of nitrogens with zero attached hydrogens (tertiary/aromatic N) is 2. The van der Waals surface area contributed by atoms with Gasteiger partial charge in [-0.15, -0.1) is 0 Å². The Morgan fingerprint density at radius 2 is 1.77 bits per heavy atom. The zero-order chi connectivity index (χ0) is 22.6. The van der Waals surface area contributed by atoms with E-state index in [2.05, 4.69) is 68.4 Å². The second kappa shape index (κ2) is 9.33. The van der Waals surface area contributed by atoms with Crippen LogP contribution in [0.15, 0.2) is 47.1 Å². The molecule has 1 N–H and O–H groups in total. The predicted octanol–water partition coefficient (Wildman–Crippen LogP) is 5.56. The molecule has 0 aliphatic carbocycles. The van der Waals surface area contributed by atoms with Crippen LogP contribution in [0.3, 0.4) is 0 Å². The number of hydrogen-bond acceptors (Lipinski definition) is 5. The monoisotopic (exact) mass is 421 g/mol. The lowest BCUT2D eigenvalue weighted by Gasteiger charge is -2.20. The Labute approximate surface area is 184 Å². The molecule has 0 saturated heterocycles. The topological polar surface area (TPSA) is 77.3 Å². The van der Waals surface area contributed by atoms with Crippen molar-refractivity contribution in [3.05, 3.63) is 59.2 Å². The van der Waals surface area contributed by atoms with E-state index in [0.717, 1.165) is 24.0 Å². The summed E-state index contributed by atoms with van der Waals surface area (Å²) in [7, 11) is 0. The van der Waals surface area contributed by atoms with Crippen molar-refractivity contribution in [3.8, 4) is 17.0 Å². The third-order valence-electron chi connectivity index (χ3n) is 5.35. The Morgan fingerprint density at radius 3 is 2.39 bits per heavy atom. The van der Waals surface area contributed by atoms with Crippen LogP contribution < -0.4 is 10.1 Å². The summed E-state index contributed by atoms with van der Waals surface area (Å²) < 4.78 is 10.8. The van der Waals surface area contributed by atoms with Gasteiger partial charge >= 0.3 is 0 Å². The number of aromatic nitrogens is 2. The summed E-state index contributed by atoms with van der Waals surface area (Å²) in [4.78, 5) is 12.8. The number of hydrogen-bond donors (Lipinski definition) is 1. The molecule has 0 bridgehead atoms. The lowest BCUT2D eigenvalue weighted by molar-refractivity contribution is -0.122. The molecule has 1 aromatic heterocycles. The van der Waals surface area contributed by atoms with Gasteiger partial charge in [0.2, 0.25) is 5.82 Å². The summed E-state index contributed by atoms with van der Waals surface area (Å²) in [5.74, 6) is 0.617. The Morgan fingerprint density at radius 1 is 1.06 bits per heavy atom. The largest absolute Gasteiger partial charge is 0.481 e. The summed E-state index contributed by atoms with van der Waals surface area (Å²) in [6.45, 7) is 12.3. The average Bonchev–Trinajstić information content (AvgIpc) is 3.20. The Kier molecular flexibility index (Phi) is 6.78. The minimum atomic E-state index is -0.711. The van der Waals surface area contributed by atoms with Gasteiger partial charge in [0.05, 0.1) is 0 Å². The lowest BCUT2D eigenvalue weighted by atomic mass is 9.87. The molecule has 3 rings (SSSR count). The maximum Gasteiger partial charge on any atom is 0.266 e. The van der Waals surface area contributed by atoms with Gasteiger partial charge in [0.15, 0.2) is 11.8 Å². The molecule has 31 heavy (non-hydrogen) atoms. The maximum atomic E-state index is 12.8. The highest BCUT2D eigenvalue weighted by atomic mass is 16.6. The fourth-order valence-electron chi connectivity index (χ4n) is 3.33. The third kappa shape index (κ3) is 5.32. The Balaban J connectivity index is 1.74. The van der Waals surface area contributed by atoms with Crippen LogP contribution in [0.4, 0.5) is 5.82 Å². The zero-order valence-corrected chi connectivity index (χ0v) is 19.2. The minimum absolute atomic E-state index is 0.0598. The predicted molar refractivity (Wildman–Crippen MR) is 122 cm³/mol. The maximum absolute atomic E-state index is 12.8. The van der Waals surface area contributed by atoms with Gasteiger partial charge in [-0.25, -0.2) is 4.63 Å². The number of benzene rings is 2. The third-order valence-corrected chi connectivity index (χ3v) is 5.35. The molecular formula is C25H31N3O3. The van der Waals surface area contributed by atoms with Crippen molar-refractivity contribution in [1.82, 2.24) is 10.3 Å². The first-order valence-electron chi connectivity index (χ1n) is 10.8. The molecular weight excluding hydrogens is 390 g/mol. The molecule has 164 valence electrons. The highest BCUT2D eigenvalue weighted by molar-refractivity contribution is 5.96. The molecule has 0 saturated carbocycles. The second-order valence-corrected chi connectivity index (χ2v) is 8.68. The van der Waals surface area contributed by atoms with E-state index >= 15 is 0 Å². The summed E-state index contributed by atoms with van der Waals surface area (Å²) in [5.41, 5.74) is 5.02. The SMILES string of the molecule is CCc1ccc(CC)c(-c2nonc2NC(=O)C(C)Oc2ccc(C(C)(C)C)cc2)c1. The van der Waals surface area contributed by atoms with Gasteiger partial charge in [-0.1, -0.05) is 58.9 Å². The smallest absolute Gasteiger partial charge is 0.266 e. The molecule has 1 amide bonds. The molecule has 1 atom stereocenters. The van der Waals surface area contributed by atoms with Crippen molar-refractivity contribution in [1.29, 1.82) is 0 Å². The van der Waals surface area contributed by atoms with Crippen LogP contribution in [0.5, 0.6) is 5.75 Å². The molecule has 0 aliphatic heterocycles. The first-order valence-corrected chi connectivity index (χ1v) is 10.8. The van der Waals surface area contributed by atoms with E-state index in [1.54, 1.807) is 6.92 Å². The summed E-state index contributed by atoms with van der Waals surface area (Å²) in [5, 5.41) is 10.8. The number of nitrogens with one attached hydrogen (secondary N) is 1. The van der Waals surface area contributed by atoms with Crippen molar-refractivity contribution >= 4 is 11.7 Å².